The predicted molar refractivity (Wildman–Crippen MR) is 288 cm³/mol. The van der Waals surface area contributed by atoms with Crippen molar-refractivity contribution < 1.29 is 73.5 Å². The number of amides is 10. The molecule has 0 aliphatic carbocycles. The Labute approximate surface area is 461 Å². The maximum absolute atomic E-state index is 14.3. The molecule has 1 saturated heterocycles. The monoisotopic (exact) mass is 1130 g/mol. The maximum Gasteiger partial charge on any atom is 0.245 e. The molecule has 0 aromatic heterocycles. The molecule has 79 heavy (non-hydrogen) atoms. The number of nitrogens with two attached hydrogens (primary N) is 4. The summed E-state index contributed by atoms with van der Waals surface area (Å²) in [5.74, 6) is -9.82. The molecule has 1 heterocycles. The third-order valence-electron chi connectivity index (χ3n) is 12.7. The van der Waals surface area contributed by atoms with E-state index < -0.39 is 164 Å². The van der Waals surface area contributed by atoms with Crippen molar-refractivity contribution in [3.63, 3.8) is 0 Å². The highest BCUT2D eigenvalue weighted by atomic mass is 16.3. The van der Waals surface area contributed by atoms with Crippen LogP contribution >= 0.6 is 0 Å². The lowest BCUT2D eigenvalue weighted by Crippen LogP contribution is -2.63. The summed E-state index contributed by atoms with van der Waals surface area (Å²) in [5.41, 5.74) is 23.2. The van der Waals surface area contributed by atoms with Gasteiger partial charge in [-0.05, 0) is 97.8 Å². The second kappa shape index (κ2) is 38.0. The Morgan fingerprint density at radius 3 is 1.68 bits per heavy atom. The van der Waals surface area contributed by atoms with E-state index in [9.17, 15) is 73.5 Å². The molecule has 0 aromatic rings. The highest BCUT2D eigenvalue weighted by molar-refractivity contribution is 5.98. The molecular formula is C49H93N15O15. The molecule has 454 valence electrons. The van der Waals surface area contributed by atoms with Crippen molar-refractivity contribution in [1.82, 2.24) is 58.5 Å². The van der Waals surface area contributed by atoms with Gasteiger partial charge in [-0.25, -0.2) is 0 Å². The second-order valence-electron chi connectivity index (χ2n) is 20.2. The van der Waals surface area contributed by atoms with Gasteiger partial charge in [0.25, 0.3) is 0 Å². The van der Waals surface area contributed by atoms with Gasteiger partial charge in [-0.3, -0.25) is 53.3 Å². The van der Waals surface area contributed by atoms with Gasteiger partial charge in [0.05, 0.1) is 31.0 Å². The molecule has 0 spiro atoms. The summed E-state index contributed by atoms with van der Waals surface area (Å²) in [7, 11) is 0. The van der Waals surface area contributed by atoms with Crippen LogP contribution in [0.2, 0.25) is 0 Å². The second-order valence-corrected chi connectivity index (χ2v) is 20.2. The number of rotatable bonds is 27. The van der Waals surface area contributed by atoms with Gasteiger partial charge in [-0.15, -0.1) is 0 Å². The van der Waals surface area contributed by atoms with Crippen molar-refractivity contribution in [3.8, 4) is 0 Å². The van der Waals surface area contributed by atoms with Crippen LogP contribution in [0.5, 0.6) is 0 Å². The van der Waals surface area contributed by atoms with E-state index in [-0.39, 0.29) is 70.6 Å². The van der Waals surface area contributed by atoms with Gasteiger partial charge < -0.3 is 102 Å². The largest absolute Gasteiger partial charge is 0.394 e. The third-order valence-corrected chi connectivity index (χ3v) is 12.7. The summed E-state index contributed by atoms with van der Waals surface area (Å²) in [6.07, 6.45) is -3.34. The first-order valence-corrected chi connectivity index (χ1v) is 27.2. The minimum absolute atomic E-state index is 0.0207. The summed E-state index contributed by atoms with van der Waals surface area (Å²) in [6, 6.07) is -15.5. The van der Waals surface area contributed by atoms with E-state index in [4.69, 9.17) is 22.9 Å². The predicted octanol–water partition coefficient (Wildman–Crippen LogP) is -7.92. The fourth-order valence-corrected chi connectivity index (χ4v) is 8.23. The molecule has 30 nitrogen and oxygen atoms in total. The van der Waals surface area contributed by atoms with Crippen molar-refractivity contribution in [1.29, 1.82) is 0 Å². The van der Waals surface area contributed by atoms with Gasteiger partial charge in [0.1, 0.15) is 60.6 Å². The summed E-state index contributed by atoms with van der Waals surface area (Å²) in [5, 5.41) is 80.4. The van der Waals surface area contributed by atoms with E-state index in [0.29, 0.717) is 6.42 Å². The quantitative estimate of drug-likeness (QED) is 0.0340. The highest BCUT2D eigenvalue weighted by Gasteiger charge is 2.38. The van der Waals surface area contributed by atoms with Gasteiger partial charge in [-0.1, -0.05) is 46.5 Å². The van der Waals surface area contributed by atoms with Crippen LogP contribution in [0, 0.1) is 5.92 Å². The average molecular weight is 1130 g/mol. The van der Waals surface area contributed by atoms with Crippen LogP contribution in [-0.2, 0) is 47.9 Å². The Balaban J connectivity index is 3.77. The van der Waals surface area contributed by atoms with Crippen LogP contribution in [0.25, 0.3) is 0 Å². The number of hydrogen-bond donors (Lipinski definition) is 20. The minimum atomic E-state index is -1.83. The van der Waals surface area contributed by atoms with Crippen molar-refractivity contribution >= 4 is 59.1 Å². The van der Waals surface area contributed by atoms with Crippen molar-refractivity contribution in [2.45, 2.75) is 204 Å². The van der Waals surface area contributed by atoms with E-state index in [1.807, 2.05) is 0 Å². The molecule has 30 heteroatoms. The van der Waals surface area contributed by atoms with Crippen molar-refractivity contribution in [3.05, 3.63) is 0 Å². The summed E-state index contributed by atoms with van der Waals surface area (Å²) in [4.78, 5) is 137. The third kappa shape index (κ3) is 26.0. The van der Waals surface area contributed by atoms with Crippen molar-refractivity contribution in [2.24, 2.45) is 28.9 Å². The Morgan fingerprint density at radius 2 is 1.15 bits per heavy atom. The molecule has 0 radical (unpaired) electrons. The van der Waals surface area contributed by atoms with E-state index >= 15 is 0 Å². The van der Waals surface area contributed by atoms with Crippen LogP contribution in [0.1, 0.15) is 119 Å². The van der Waals surface area contributed by atoms with Crippen LogP contribution in [0.3, 0.4) is 0 Å². The standard InChI is InChI=1S/C49H93N15O15/c1-7-8-9-10-11-12-36(69)55-29(13-18-50)44(74)63-38(27(5)67)48(78)58-31(15-20-52)40(70)57-33-17-22-54-47(77)37(26(4)66)62-46(76)35(24-65)61-42(72)32(16-21-53)59-49(79)39(28(6)68)64-45(75)34(23-25(2)3)60-41(71)30(14-19-51)56-43(33)73/h25-35,37-39,42,61,65-68,72H,7-24,50-53H2,1-6H3,(H,54,77)(H,55,69)(H,56,73)(H,57,70)(H,58,78)(H,59,79)(H,60,71)(H,62,76)(H,63,74)(H,64,75)/t26-,27-,28-,29+,30+,31-,32+,33+,34-,35+,37+,38+,39+,42?/m1/s1. The minimum Gasteiger partial charge on any atom is -0.394 e. The molecule has 1 fully saturated rings. The van der Waals surface area contributed by atoms with Gasteiger partial charge in [0.2, 0.25) is 59.1 Å². The van der Waals surface area contributed by atoms with E-state index in [1.165, 1.54) is 13.8 Å². The molecule has 0 aromatic carbocycles. The summed E-state index contributed by atoms with van der Waals surface area (Å²) >= 11 is 0. The van der Waals surface area contributed by atoms with Gasteiger partial charge in [-0.2, -0.15) is 0 Å². The molecule has 0 bridgehead atoms. The number of aliphatic hydroxyl groups excluding tert-OH is 5. The first-order valence-electron chi connectivity index (χ1n) is 27.2. The lowest BCUT2D eigenvalue weighted by atomic mass is 10.0. The molecule has 14 atom stereocenters. The van der Waals surface area contributed by atoms with E-state index in [1.54, 1.807) is 13.8 Å². The van der Waals surface area contributed by atoms with Crippen LogP contribution in [-0.4, -0.2) is 209 Å². The lowest BCUT2D eigenvalue weighted by Gasteiger charge is -2.31. The molecule has 1 rings (SSSR count). The Hall–Kier alpha value is -5.70. The fourth-order valence-electron chi connectivity index (χ4n) is 8.23. The molecule has 0 saturated carbocycles. The number of nitrogens with one attached hydrogen (secondary N) is 11. The Bertz CT molecular complexity index is 1950. The zero-order valence-corrected chi connectivity index (χ0v) is 46.5. The van der Waals surface area contributed by atoms with Crippen molar-refractivity contribution in [2.75, 3.05) is 39.3 Å². The number of hydrogen-bond acceptors (Lipinski definition) is 20. The molecule has 24 N–H and O–H groups in total. The number of carbonyl (C=O) groups excluding carboxylic acids is 10. The van der Waals surface area contributed by atoms with Gasteiger partial charge >= 0.3 is 0 Å². The van der Waals surface area contributed by atoms with E-state index in [2.05, 4.69) is 65.4 Å². The zero-order valence-electron chi connectivity index (χ0n) is 46.5. The molecule has 10 amide bonds. The number of carbonyl (C=O) groups is 10. The van der Waals surface area contributed by atoms with Crippen LogP contribution < -0.4 is 81.4 Å². The first-order chi connectivity index (χ1) is 37.3. The summed E-state index contributed by atoms with van der Waals surface area (Å²) < 4.78 is 0. The Morgan fingerprint density at radius 1 is 0.608 bits per heavy atom. The average Bonchev–Trinajstić information content (AvgIpc) is 3.37. The Kier molecular flexibility index (Phi) is 34.3. The smallest absolute Gasteiger partial charge is 0.245 e. The van der Waals surface area contributed by atoms with Gasteiger partial charge in [0, 0.05) is 13.0 Å². The molecular weight excluding hydrogens is 1040 g/mol. The number of aliphatic hydroxyl groups is 5. The number of unbranched alkanes of at least 4 members (excludes halogenated alkanes) is 4. The molecule has 1 unspecified atom stereocenters. The molecule has 1 aliphatic heterocycles. The van der Waals surface area contributed by atoms with Gasteiger partial charge in [0.15, 0.2) is 0 Å². The topological polar surface area (TPSA) is 508 Å². The highest BCUT2D eigenvalue weighted by Crippen LogP contribution is 2.11. The van der Waals surface area contributed by atoms with Crippen LogP contribution in [0.4, 0.5) is 0 Å². The molecule has 1 aliphatic rings. The van der Waals surface area contributed by atoms with Crippen LogP contribution in [0.15, 0.2) is 0 Å². The lowest BCUT2D eigenvalue weighted by molar-refractivity contribution is -0.137. The SMILES string of the molecule is CCCCCCCC(=O)N[C@@H](CCN)C(=O)N[C@H](C(=O)N[C@H](CCN)C(=O)N[C@H]1CCNC(=O)[C@H]([C@@H](C)O)NC(=O)[C@H](CO)NC(O)[C@H](CCN)NC(=O)[C@H]([C@@H](C)O)NC(=O)[C@@H](CC(C)C)NC(=O)[C@H](CCN)NC1=O)[C@@H](C)O. The fraction of sp³-hybridized carbons (Fsp3) is 0.796. The summed E-state index contributed by atoms with van der Waals surface area (Å²) in [6.45, 7) is 6.92. The van der Waals surface area contributed by atoms with E-state index in [0.717, 1.165) is 32.6 Å². The first kappa shape index (κ1) is 71.3. The normalized spacial score (nSPS) is 24.8. The maximum atomic E-state index is 14.3. The zero-order chi connectivity index (χ0) is 59.9.